The zero-order chi connectivity index (χ0) is 13.0. The van der Waals surface area contributed by atoms with Crippen molar-refractivity contribution >= 4 is 34.8 Å². The number of likely N-dealkylation sites (tertiary alicyclic amines) is 1. The van der Waals surface area contributed by atoms with Gasteiger partial charge in [-0.05, 0) is 32.9 Å². The lowest BCUT2D eigenvalue weighted by atomic mass is 10.1. The van der Waals surface area contributed by atoms with Gasteiger partial charge in [-0.15, -0.1) is 23.7 Å². The SMILES string of the molecule is CC(N)C(=O)Nc1nc(CN2CCCCC2)cs1.Cl. The second-order valence-corrected chi connectivity index (χ2v) is 5.62. The Morgan fingerprint density at radius 3 is 2.84 bits per heavy atom. The van der Waals surface area contributed by atoms with E-state index in [9.17, 15) is 4.79 Å². The summed E-state index contributed by atoms with van der Waals surface area (Å²) in [5, 5.41) is 5.37. The van der Waals surface area contributed by atoms with Crippen LogP contribution >= 0.6 is 23.7 Å². The average Bonchev–Trinajstić information content (AvgIpc) is 2.77. The number of hydrogen-bond acceptors (Lipinski definition) is 5. The Labute approximate surface area is 124 Å². The first-order valence-corrected chi connectivity index (χ1v) is 7.26. The van der Waals surface area contributed by atoms with Gasteiger partial charge in [-0.1, -0.05) is 6.42 Å². The summed E-state index contributed by atoms with van der Waals surface area (Å²) in [4.78, 5) is 18.3. The van der Waals surface area contributed by atoms with Crippen molar-refractivity contribution in [2.75, 3.05) is 18.4 Å². The van der Waals surface area contributed by atoms with Gasteiger partial charge < -0.3 is 11.1 Å². The number of carbonyl (C=O) groups is 1. The number of amides is 1. The summed E-state index contributed by atoms with van der Waals surface area (Å²) in [6.07, 6.45) is 3.89. The monoisotopic (exact) mass is 304 g/mol. The van der Waals surface area contributed by atoms with E-state index in [1.807, 2.05) is 5.38 Å². The van der Waals surface area contributed by atoms with Gasteiger partial charge in [0.15, 0.2) is 5.13 Å². The second kappa shape index (κ2) is 7.79. The number of rotatable bonds is 4. The predicted octanol–water partition coefficient (Wildman–Crippen LogP) is 1.84. The van der Waals surface area contributed by atoms with Crippen LogP contribution in [0.15, 0.2) is 5.38 Å². The smallest absolute Gasteiger partial charge is 0.242 e. The number of piperidine rings is 1. The van der Waals surface area contributed by atoms with Crippen LogP contribution in [0, 0.1) is 0 Å². The predicted molar refractivity (Wildman–Crippen MR) is 80.8 cm³/mol. The van der Waals surface area contributed by atoms with Crippen LogP contribution in [0.2, 0.25) is 0 Å². The van der Waals surface area contributed by atoms with E-state index in [0.717, 1.165) is 25.3 Å². The third-order valence-corrected chi connectivity index (χ3v) is 3.84. The number of halogens is 1. The van der Waals surface area contributed by atoms with E-state index in [0.29, 0.717) is 5.13 Å². The average molecular weight is 305 g/mol. The number of aromatic nitrogens is 1. The van der Waals surface area contributed by atoms with Crippen LogP contribution in [0.5, 0.6) is 0 Å². The Bertz CT molecular complexity index is 404. The minimum Gasteiger partial charge on any atom is -0.320 e. The van der Waals surface area contributed by atoms with Crippen molar-refractivity contribution in [3.05, 3.63) is 11.1 Å². The molecule has 1 atom stereocenters. The molecule has 0 spiro atoms. The second-order valence-electron chi connectivity index (χ2n) is 4.76. The summed E-state index contributed by atoms with van der Waals surface area (Å²) < 4.78 is 0. The summed E-state index contributed by atoms with van der Waals surface area (Å²) in [5.41, 5.74) is 6.53. The number of nitrogens with one attached hydrogen (secondary N) is 1. The molecule has 3 N–H and O–H groups in total. The number of carbonyl (C=O) groups excluding carboxylic acids is 1. The normalized spacial score (nSPS) is 17.6. The zero-order valence-corrected chi connectivity index (χ0v) is 12.7. The van der Waals surface area contributed by atoms with Gasteiger partial charge in [-0.3, -0.25) is 9.69 Å². The van der Waals surface area contributed by atoms with Crippen molar-refractivity contribution in [3.8, 4) is 0 Å². The fraction of sp³-hybridized carbons (Fsp3) is 0.667. The van der Waals surface area contributed by atoms with Crippen molar-refractivity contribution in [2.24, 2.45) is 5.73 Å². The highest BCUT2D eigenvalue weighted by Crippen LogP contribution is 2.18. The Morgan fingerprint density at radius 1 is 1.53 bits per heavy atom. The van der Waals surface area contributed by atoms with Gasteiger partial charge in [0.2, 0.25) is 5.91 Å². The molecule has 0 aromatic carbocycles. The van der Waals surface area contributed by atoms with Crippen LogP contribution in [0.4, 0.5) is 5.13 Å². The largest absolute Gasteiger partial charge is 0.320 e. The highest BCUT2D eigenvalue weighted by Gasteiger charge is 2.14. The highest BCUT2D eigenvalue weighted by atomic mass is 35.5. The maximum absolute atomic E-state index is 11.4. The van der Waals surface area contributed by atoms with Crippen molar-refractivity contribution < 1.29 is 4.79 Å². The van der Waals surface area contributed by atoms with Crippen LogP contribution in [0.25, 0.3) is 0 Å². The third kappa shape index (κ3) is 5.06. The molecule has 5 nitrogen and oxygen atoms in total. The van der Waals surface area contributed by atoms with Crippen molar-refractivity contribution in [2.45, 2.75) is 38.8 Å². The fourth-order valence-electron chi connectivity index (χ4n) is 2.00. The lowest BCUT2D eigenvalue weighted by Crippen LogP contribution is -2.32. The molecule has 1 aromatic rings. The van der Waals surface area contributed by atoms with Crippen molar-refractivity contribution in [1.29, 1.82) is 0 Å². The summed E-state index contributed by atoms with van der Waals surface area (Å²) in [7, 11) is 0. The zero-order valence-electron chi connectivity index (χ0n) is 11.1. The highest BCUT2D eigenvalue weighted by molar-refractivity contribution is 7.13. The summed E-state index contributed by atoms with van der Waals surface area (Å²) in [6, 6.07) is -0.501. The number of nitrogens with two attached hydrogens (primary N) is 1. The van der Waals surface area contributed by atoms with Gasteiger partial charge >= 0.3 is 0 Å². The number of nitrogens with zero attached hydrogens (tertiary/aromatic N) is 2. The van der Waals surface area contributed by atoms with Crippen molar-refractivity contribution in [1.82, 2.24) is 9.88 Å². The van der Waals surface area contributed by atoms with Crippen LogP contribution in [0.1, 0.15) is 31.9 Å². The molecule has 1 fully saturated rings. The maximum atomic E-state index is 11.4. The Kier molecular flexibility index (Phi) is 6.71. The number of anilines is 1. The Hall–Kier alpha value is -0.690. The molecule has 0 saturated carbocycles. The first-order valence-electron chi connectivity index (χ1n) is 6.38. The molecule has 2 heterocycles. The van der Waals surface area contributed by atoms with Gasteiger partial charge in [0, 0.05) is 11.9 Å². The van der Waals surface area contributed by atoms with Crippen molar-refractivity contribution in [3.63, 3.8) is 0 Å². The number of hydrogen-bond donors (Lipinski definition) is 2. The van der Waals surface area contributed by atoms with Crippen LogP contribution in [-0.4, -0.2) is 34.9 Å². The minimum atomic E-state index is -0.501. The molecule has 2 rings (SSSR count). The third-order valence-electron chi connectivity index (χ3n) is 3.03. The van der Waals surface area contributed by atoms with Crippen LogP contribution in [-0.2, 0) is 11.3 Å². The molecule has 0 aliphatic carbocycles. The molecule has 1 saturated heterocycles. The van der Waals surface area contributed by atoms with Gasteiger partial charge in [-0.2, -0.15) is 0 Å². The maximum Gasteiger partial charge on any atom is 0.242 e. The lowest BCUT2D eigenvalue weighted by molar-refractivity contribution is -0.117. The molecule has 1 unspecified atom stereocenters. The molecule has 1 aliphatic rings. The topological polar surface area (TPSA) is 71.2 Å². The molecule has 108 valence electrons. The van der Waals surface area contributed by atoms with Crippen LogP contribution < -0.4 is 11.1 Å². The first kappa shape index (κ1) is 16.4. The minimum absolute atomic E-state index is 0. The van der Waals surface area contributed by atoms with E-state index in [1.165, 1.54) is 30.6 Å². The van der Waals surface area contributed by atoms with Gasteiger partial charge in [0.25, 0.3) is 0 Å². The molecule has 0 radical (unpaired) electrons. The molecule has 1 amide bonds. The Morgan fingerprint density at radius 2 is 2.21 bits per heavy atom. The molecular formula is C12H21ClN4OS. The van der Waals surface area contributed by atoms with Crippen LogP contribution in [0.3, 0.4) is 0 Å². The van der Waals surface area contributed by atoms with E-state index in [-0.39, 0.29) is 18.3 Å². The molecule has 19 heavy (non-hydrogen) atoms. The van der Waals surface area contributed by atoms with E-state index in [1.54, 1.807) is 6.92 Å². The summed E-state index contributed by atoms with van der Waals surface area (Å²) in [6.45, 7) is 4.85. The van der Waals surface area contributed by atoms with E-state index in [4.69, 9.17) is 5.73 Å². The van der Waals surface area contributed by atoms with Gasteiger partial charge in [0.05, 0.1) is 11.7 Å². The lowest BCUT2D eigenvalue weighted by Gasteiger charge is -2.25. The van der Waals surface area contributed by atoms with E-state index in [2.05, 4.69) is 15.2 Å². The summed E-state index contributed by atoms with van der Waals surface area (Å²) >= 11 is 1.46. The molecule has 7 heteroatoms. The quantitative estimate of drug-likeness (QED) is 0.890. The molecule has 0 bridgehead atoms. The van der Waals surface area contributed by atoms with Gasteiger partial charge in [-0.25, -0.2) is 4.98 Å². The fourth-order valence-corrected chi connectivity index (χ4v) is 2.71. The molecule has 1 aromatic heterocycles. The first-order chi connectivity index (χ1) is 8.65. The van der Waals surface area contributed by atoms with E-state index < -0.39 is 6.04 Å². The standard InChI is InChI=1S/C12H20N4OS.ClH/c1-9(13)11(17)15-12-14-10(8-18-12)7-16-5-3-2-4-6-16;/h8-9H,2-7,13H2,1H3,(H,14,15,17);1H. The molecular weight excluding hydrogens is 284 g/mol. The Balaban J connectivity index is 0.00000180. The van der Waals surface area contributed by atoms with Gasteiger partial charge in [0.1, 0.15) is 0 Å². The number of thiazole rings is 1. The summed E-state index contributed by atoms with van der Waals surface area (Å²) in [5.74, 6) is -0.186. The van der Waals surface area contributed by atoms with E-state index >= 15 is 0 Å². The molecule has 1 aliphatic heterocycles.